The lowest BCUT2D eigenvalue weighted by atomic mass is 10.2. The second kappa shape index (κ2) is 7.22. The molecule has 0 radical (unpaired) electrons. The van der Waals surface area contributed by atoms with Crippen molar-refractivity contribution in [3.05, 3.63) is 63.8 Å². The summed E-state index contributed by atoms with van der Waals surface area (Å²) in [6, 6.07) is 7.21. The Hall–Kier alpha value is -3.56. The number of nitrogens with zero attached hydrogens (tertiary/aromatic N) is 4. The van der Waals surface area contributed by atoms with Crippen molar-refractivity contribution < 1.29 is 9.31 Å². The van der Waals surface area contributed by atoms with E-state index < -0.39 is 16.8 Å². The molecule has 9 nitrogen and oxygen atoms in total. The lowest BCUT2D eigenvalue weighted by Crippen LogP contribution is -2.12. The first-order valence-electron chi connectivity index (χ1n) is 8.85. The van der Waals surface area contributed by atoms with E-state index in [0.29, 0.717) is 23.2 Å². The zero-order valence-corrected chi connectivity index (χ0v) is 15.0. The number of anilines is 3. The molecule has 0 saturated heterocycles. The smallest absolute Gasteiger partial charge is 0.311 e. The predicted octanol–water partition coefficient (Wildman–Crippen LogP) is 4.04. The maximum atomic E-state index is 13.1. The Morgan fingerprint density at radius 3 is 2.79 bits per heavy atom. The zero-order valence-electron chi connectivity index (χ0n) is 15.0. The zero-order chi connectivity index (χ0) is 19.7. The molecule has 1 saturated carbocycles. The van der Waals surface area contributed by atoms with Crippen LogP contribution in [0.5, 0.6) is 0 Å². The fourth-order valence-corrected chi connectivity index (χ4v) is 2.83. The standard InChI is InChI=1S/C18H18FN7O2/c1-10(13-5-4-12(19)9-20-13)21-18-15(26(27)28)6-7-16(23-18)22-17-8-14(24-25-17)11-2-3-11/h4-11H,2-3H2,1H3,(H3,21,22,23,24,25)/t10-/m0/s1. The van der Waals surface area contributed by atoms with Crippen LogP contribution in [0.1, 0.15) is 43.1 Å². The highest BCUT2D eigenvalue weighted by atomic mass is 19.1. The molecule has 1 fully saturated rings. The number of H-pyrrole nitrogens is 1. The molecule has 1 atom stereocenters. The van der Waals surface area contributed by atoms with E-state index in [1.54, 1.807) is 6.92 Å². The number of hydrogen-bond acceptors (Lipinski definition) is 7. The van der Waals surface area contributed by atoms with Crippen molar-refractivity contribution >= 4 is 23.1 Å². The summed E-state index contributed by atoms with van der Waals surface area (Å²) in [5.41, 5.74) is 1.44. The number of nitrogens with one attached hydrogen (secondary N) is 3. The Bertz CT molecular complexity index is 1000. The summed E-state index contributed by atoms with van der Waals surface area (Å²) in [5.74, 6) is 1.19. The second-order valence-corrected chi connectivity index (χ2v) is 6.70. The molecule has 3 aromatic heterocycles. The van der Waals surface area contributed by atoms with Gasteiger partial charge in [0.05, 0.1) is 22.9 Å². The highest BCUT2D eigenvalue weighted by Crippen LogP contribution is 2.39. The van der Waals surface area contributed by atoms with Gasteiger partial charge < -0.3 is 10.6 Å². The first kappa shape index (κ1) is 17.8. The molecular formula is C18H18FN7O2. The summed E-state index contributed by atoms with van der Waals surface area (Å²) < 4.78 is 13.1. The van der Waals surface area contributed by atoms with Crippen molar-refractivity contribution in [2.45, 2.75) is 31.7 Å². The Morgan fingerprint density at radius 2 is 2.11 bits per heavy atom. The van der Waals surface area contributed by atoms with Crippen LogP contribution < -0.4 is 10.6 Å². The van der Waals surface area contributed by atoms with Gasteiger partial charge in [-0.3, -0.25) is 20.2 Å². The maximum absolute atomic E-state index is 13.1. The van der Waals surface area contributed by atoms with Crippen LogP contribution in [0.15, 0.2) is 36.5 Å². The molecule has 3 aromatic rings. The normalized spacial score (nSPS) is 14.5. The van der Waals surface area contributed by atoms with Crippen LogP contribution in [0.25, 0.3) is 0 Å². The largest absolute Gasteiger partial charge is 0.356 e. The van der Waals surface area contributed by atoms with E-state index in [4.69, 9.17) is 0 Å². The van der Waals surface area contributed by atoms with Crippen molar-refractivity contribution in [3.8, 4) is 0 Å². The van der Waals surface area contributed by atoms with Crippen LogP contribution >= 0.6 is 0 Å². The Kier molecular flexibility index (Phi) is 4.60. The summed E-state index contributed by atoms with van der Waals surface area (Å²) in [6.45, 7) is 1.77. The van der Waals surface area contributed by atoms with Gasteiger partial charge in [0.15, 0.2) is 5.82 Å². The summed E-state index contributed by atoms with van der Waals surface area (Å²) in [4.78, 5) is 19.2. The third-order valence-electron chi connectivity index (χ3n) is 4.49. The molecule has 0 spiro atoms. The molecule has 1 aliphatic rings. The topological polar surface area (TPSA) is 122 Å². The van der Waals surface area contributed by atoms with Gasteiger partial charge in [-0.1, -0.05) is 0 Å². The Morgan fingerprint density at radius 1 is 1.29 bits per heavy atom. The molecule has 144 valence electrons. The van der Waals surface area contributed by atoms with E-state index in [1.165, 1.54) is 24.3 Å². The average molecular weight is 383 g/mol. The highest BCUT2D eigenvalue weighted by molar-refractivity contribution is 5.63. The summed E-state index contributed by atoms with van der Waals surface area (Å²) in [6.07, 6.45) is 3.41. The van der Waals surface area contributed by atoms with Gasteiger partial charge >= 0.3 is 5.69 Å². The van der Waals surface area contributed by atoms with Crippen LogP contribution in [0.4, 0.5) is 27.5 Å². The average Bonchev–Trinajstić information content (AvgIpc) is 3.42. The molecule has 0 unspecified atom stereocenters. The highest BCUT2D eigenvalue weighted by Gasteiger charge is 2.25. The monoisotopic (exact) mass is 383 g/mol. The van der Waals surface area contributed by atoms with Crippen molar-refractivity contribution in [2.75, 3.05) is 10.6 Å². The lowest BCUT2D eigenvalue weighted by molar-refractivity contribution is -0.384. The van der Waals surface area contributed by atoms with E-state index in [1.807, 2.05) is 6.07 Å². The summed E-state index contributed by atoms with van der Waals surface area (Å²) >= 11 is 0. The SMILES string of the molecule is C[C@H](Nc1nc(Nc2cc(C3CC3)[nH]n2)ccc1[N+](=O)[O-])c1ccc(F)cn1. The van der Waals surface area contributed by atoms with Gasteiger partial charge in [0.2, 0.25) is 5.82 Å². The van der Waals surface area contributed by atoms with E-state index in [-0.39, 0.29) is 11.5 Å². The summed E-state index contributed by atoms with van der Waals surface area (Å²) in [5, 5.41) is 24.6. The number of hydrogen-bond donors (Lipinski definition) is 3. The van der Waals surface area contributed by atoms with Crippen LogP contribution in [0, 0.1) is 15.9 Å². The van der Waals surface area contributed by atoms with Gasteiger partial charge in [0.1, 0.15) is 11.6 Å². The quantitative estimate of drug-likeness (QED) is 0.416. The predicted molar refractivity (Wildman–Crippen MR) is 101 cm³/mol. The van der Waals surface area contributed by atoms with Crippen molar-refractivity contribution in [1.29, 1.82) is 0 Å². The van der Waals surface area contributed by atoms with Crippen molar-refractivity contribution in [2.24, 2.45) is 0 Å². The third kappa shape index (κ3) is 3.90. The van der Waals surface area contributed by atoms with Crippen LogP contribution in [-0.4, -0.2) is 25.1 Å². The lowest BCUT2D eigenvalue weighted by Gasteiger charge is -2.15. The second-order valence-electron chi connectivity index (χ2n) is 6.70. The number of aromatic nitrogens is 4. The van der Waals surface area contributed by atoms with Gasteiger partial charge in [-0.2, -0.15) is 5.10 Å². The van der Waals surface area contributed by atoms with Crippen LogP contribution in [0.3, 0.4) is 0 Å². The van der Waals surface area contributed by atoms with Gasteiger partial charge in [-0.15, -0.1) is 0 Å². The number of nitro groups is 1. The van der Waals surface area contributed by atoms with Crippen molar-refractivity contribution in [3.63, 3.8) is 0 Å². The van der Waals surface area contributed by atoms with E-state index in [0.717, 1.165) is 24.7 Å². The number of halogens is 1. The molecule has 0 aromatic carbocycles. The molecule has 0 aliphatic heterocycles. The molecule has 3 heterocycles. The van der Waals surface area contributed by atoms with Crippen LogP contribution in [0.2, 0.25) is 0 Å². The van der Waals surface area contributed by atoms with Gasteiger partial charge in [0.25, 0.3) is 0 Å². The molecule has 4 rings (SSSR count). The maximum Gasteiger partial charge on any atom is 0.311 e. The van der Waals surface area contributed by atoms with E-state index >= 15 is 0 Å². The van der Waals surface area contributed by atoms with Crippen LogP contribution in [-0.2, 0) is 0 Å². The molecular weight excluding hydrogens is 365 g/mol. The minimum absolute atomic E-state index is 0.0894. The van der Waals surface area contributed by atoms with E-state index in [2.05, 4.69) is 30.8 Å². The number of pyridine rings is 2. The third-order valence-corrected chi connectivity index (χ3v) is 4.49. The molecule has 0 bridgehead atoms. The first-order chi connectivity index (χ1) is 13.5. The molecule has 28 heavy (non-hydrogen) atoms. The Labute approximate surface area is 159 Å². The first-order valence-corrected chi connectivity index (χ1v) is 8.85. The van der Waals surface area contributed by atoms with Gasteiger partial charge in [0, 0.05) is 23.7 Å². The number of aromatic amines is 1. The van der Waals surface area contributed by atoms with E-state index in [9.17, 15) is 14.5 Å². The van der Waals surface area contributed by atoms with Gasteiger partial charge in [-0.05, 0) is 38.0 Å². The molecule has 1 aliphatic carbocycles. The molecule has 10 heteroatoms. The molecule has 3 N–H and O–H groups in total. The molecule has 0 amide bonds. The number of rotatable bonds is 7. The Balaban J connectivity index is 1.55. The summed E-state index contributed by atoms with van der Waals surface area (Å²) in [7, 11) is 0. The fraction of sp³-hybridized carbons (Fsp3) is 0.278. The minimum Gasteiger partial charge on any atom is -0.356 e. The van der Waals surface area contributed by atoms with Gasteiger partial charge in [-0.25, -0.2) is 9.37 Å². The minimum atomic E-state index is -0.510. The fourth-order valence-electron chi connectivity index (χ4n) is 2.83. The van der Waals surface area contributed by atoms with Crippen molar-refractivity contribution in [1.82, 2.24) is 20.2 Å².